The van der Waals surface area contributed by atoms with Gasteiger partial charge in [-0.15, -0.1) is 0 Å². The Kier molecular flexibility index (Phi) is 5.25. The van der Waals surface area contributed by atoms with E-state index in [1.807, 2.05) is 0 Å². The lowest BCUT2D eigenvalue weighted by Crippen LogP contribution is -2.13. The van der Waals surface area contributed by atoms with Crippen LogP contribution < -0.4 is 0 Å². The number of nitrogens with zero attached hydrogens (tertiary/aromatic N) is 1. The summed E-state index contributed by atoms with van der Waals surface area (Å²) in [5.41, 5.74) is -1.54. The number of rotatable bonds is 6. The zero-order valence-electron chi connectivity index (χ0n) is 10.0. The summed E-state index contributed by atoms with van der Waals surface area (Å²) in [6, 6.07) is 0.677. The monoisotopic (exact) mass is 279 g/mol. The van der Waals surface area contributed by atoms with E-state index in [2.05, 4.69) is 4.98 Å². The van der Waals surface area contributed by atoms with Crippen molar-refractivity contribution >= 4 is 5.97 Å². The van der Waals surface area contributed by atoms with Crippen molar-refractivity contribution in [1.82, 2.24) is 4.98 Å². The summed E-state index contributed by atoms with van der Waals surface area (Å²) in [6.45, 7) is 0.162. The minimum Gasteiger partial charge on any atom is -0.478 e. The largest absolute Gasteiger partial charge is 0.478 e. The van der Waals surface area contributed by atoms with Crippen LogP contribution in [-0.2, 0) is 22.3 Å². The number of methoxy groups -OCH3 is 1. The summed E-state index contributed by atoms with van der Waals surface area (Å²) >= 11 is 0. The van der Waals surface area contributed by atoms with Crippen molar-refractivity contribution < 1.29 is 32.5 Å². The fourth-order valence-corrected chi connectivity index (χ4v) is 1.29. The van der Waals surface area contributed by atoms with Gasteiger partial charge in [-0.2, -0.15) is 13.2 Å². The van der Waals surface area contributed by atoms with Gasteiger partial charge in [0.25, 0.3) is 0 Å². The molecule has 1 rings (SSSR count). The van der Waals surface area contributed by atoms with E-state index in [0.29, 0.717) is 12.3 Å². The molecule has 0 amide bonds. The maximum Gasteiger partial charge on any atom is 0.433 e. The summed E-state index contributed by atoms with van der Waals surface area (Å²) in [5.74, 6) is -1.36. The Morgan fingerprint density at radius 3 is 2.63 bits per heavy atom. The van der Waals surface area contributed by atoms with Gasteiger partial charge in [0, 0.05) is 13.3 Å². The Morgan fingerprint density at radius 2 is 2.11 bits per heavy atom. The third-order valence-corrected chi connectivity index (χ3v) is 2.20. The molecule has 5 nitrogen and oxygen atoms in total. The third kappa shape index (κ3) is 4.49. The number of hydrogen-bond acceptors (Lipinski definition) is 4. The molecule has 19 heavy (non-hydrogen) atoms. The molecule has 0 aromatic carbocycles. The highest BCUT2D eigenvalue weighted by Crippen LogP contribution is 2.28. The first-order valence-electron chi connectivity index (χ1n) is 5.22. The molecular formula is C11H12F3NO4. The van der Waals surface area contributed by atoms with E-state index in [9.17, 15) is 18.0 Å². The standard InChI is InChI=1S/C11H12F3NO4/c1-18-2-3-19-6-7-4-9(11(12,13)14)15-5-8(7)10(16)17/h4-5H,2-3,6H2,1H3,(H,16,17). The normalized spacial score (nSPS) is 11.6. The SMILES string of the molecule is COCCOCc1cc(C(F)(F)F)ncc1C(=O)O. The van der Waals surface area contributed by atoms with Gasteiger partial charge in [-0.1, -0.05) is 0 Å². The molecule has 0 fully saturated rings. The number of aromatic nitrogens is 1. The molecule has 0 aliphatic carbocycles. The molecule has 106 valence electrons. The Hall–Kier alpha value is -1.67. The number of carboxylic acid groups (broad SMARTS) is 1. The van der Waals surface area contributed by atoms with E-state index < -0.39 is 17.8 Å². The van der Waals surface area contributed by atoms with Crippen molar-refractivity contribution in [2.24, 2.45) is 0 Å². The van der Waals surface area contributed by atoms with Gasteiger partial charge >= 0.3 is 12.1 Å². The van der Waals surface area contributed by atoms with Gasteiger partial charge in [0.1, 0.15) is 5.69 Å². The van der Waals surface area contributed by atoms with E-state index >= 15 is 0 Å². The second-order valence-corrected chi connectivity index (χ2v) is 3.57. The fourth-order valence-electron chi connectivity index (χ4n) is 1.29. The Balaban J connectivity index is 2.93. The van der Waals surface area contributed by atoms with Crippen molar-refractivity contribution in [3.05, 3.63) is 29.1 Å². The summed E-state index contributed by atoms with van der Waals surface area (Å²) in [7, 11) is 1.44. The molecular weight excluding hydrogens is 267 g/mol. The molecule has 8 heteroatoms. The van der Waals surface area contributed by atoms with Gasteiger partial charge in [0.2, 0.25) is 0 Å². The van der Waals surface area contributed by atoms with E-state index in [0.717, 1.165) is 0 Å². The summed E-state index contributed by atoms with van der Waals surface area (Å²) in [5, 5.41) is 8.86. The smallest absolute Gasteiger partial charge is 0.433 e. The Bertz CT molecular complexity index is 448. The topological polar surface area (TPSA) is 68.7 Å². The molecule has 0 saturated carbocycles. The van der Waals surface area contributed by atoms with Gasteiger partial charge in [-0.05, 0) is 11.6 Å². The van der Waals surface area contributed by atoms with E-state index in [1.54, 1.807) is 0 Å². The lowest BCUT2D eigenvalue weighted by Gasteiger charge is -2.11. The highest BCUT2D eigenvalue weighted by atomic mass is 19.4. The van der Waals surface area contributed by atoms with Crippen LogP contribution in [0.25, 0.3) is 0 Å². The number of aromatic carboxylic acids is 1. The third-order valence-electron chi connectivity index (χ3n) is 2.20. The lowest BCUT2D eigenvalue weighted by atomic mass is 10.1. The molecule has 1 aromatic rings. The zero-order chi connectivity index (χ0) is 14.5. The van der Waals surface area contributed by atoms with Gasteiger partial charge < -0.3 is 14.6 Å². The number of halogens is 3. The molecule has 0 aliphatic heterocycles. The molecule has 1 heterocycles. The Morgan fingerprint density at radius 1 is 1.42 bits per heavy atom. The average Bonchev–Trinajstić information content (AvgIpc) is 2.33. The highest BCUT2D eigenvalue weighted by molar-refractivity contribution is 5.88. The predicted molar refractivity (Wildman–Crippen MR) is 57.7 cm³/mol. The first kappa shape index (κ1) is 15.4. The van der Waals surface area contributed by atoms with Crippen LogP contribution in [0.4, 0.5) is 13.2 Å². The average molecular weight is 279 g/mol. The fraction of sp³-hybridized carbons (Fsp3) is 0.455. The number of ether oxygens (including phenoxy) is 2. The van der Waals surface area contributed by atoms with Crippen LogP contribution >= 0.6 is 0 Å². The maximum absolute atomic E-state index is 12.5. The molecule has 0 atom stereocenters. The van der Waals surface area contributed by atoms with Crippen LogP contribution in [0.3, 0.4) is 0 Å². The molecule has 0 radical (unpaired) electrons. The predicted octanol–water partition coefficient (Wildman–Crippen LogP) is 1.96. The van der Waals surface area contributed by atoms with Crippen molar-refractivity contribution in [1.29, 1.82) is 0 Å². The second kappa shape index (κ2) is 6.48. The number of alkyl halides is 3. The van der Waals surface area contributed by atoms with Crippen LogP contribution in [0, 0.1) is 0 Å². The summed E-state index contributed by atoms with van der Waals surface area (Å²) in [4.78, 5) is 14.0. The summed E-state index contributed by atoms with van der Waals surface area (Å²) < 4.78 is 47.2. The minimum absolute atomic E-state index is 0.0778. The Labute approximate surface area is 107 Å². The van der Waals surface area contributed by atoms with Crippen molar-refractivity contribution in [2.45, 2.75) is 12.8 Å². The van der Waals surface area contributed by atoms with Crippen molar-refractivity contribution in [3.8, 4) is 0 Å². The molecule has 0 aliphatic rings. The lowest BCUT2D eigenvalue weighted by molar-refractivity contribution is -0.141. The number of carboxylic acids is 1. The number of hydrogen-bond donors (Lipinski definition) is 1. The van der Waals surface area contributed by atoms with Crippen LogP contribution in [0.15, 0.2) is 12.3 Å². The van der Waals surface area contributed by atoms with Gasteiger partial charge in [0.05, 0.1) is 25.4 Å². The molecule has 0 spiro atoms. The zero-order valence-corrected chi connectivity index (χ0v) is 10.0. The van der Waals surface area contributed by atoms with Gasteiger partial charge in [-0.3, -0.25) is 4.98 Å². The van der Waals surface area contributed by atoms with Gasteiger partial charge in [0.15, 0.2) is 0 Å². The molecule has 1 aromatic heterocycles. The van der Waals surface area contributed by atoms with Crippen molar-refractivity contribution in [3.63, 3.8) is 0 Å². The molecule has 0 saturated heterocycles. The van der Waals surface area contributed by atoms with Crippen molar-refractivity contribution in [2.75, 3.05) is 20.3 Å². The quantitative estimate of drug-likeness (QED) is 0.806. The van der Waals surface area contributed by atoms with Crippen LogP contribution in [0.5, 0.6) is 0 Å². The number of pyridine rings is 1. The van der Waals surface area contributed by atoms with E-state index in [-0.39, 0.29) is 30.9 Å². The van der Waals surface area contributed by atoms with E-state index in [4.69, 9.17) is 14.6 Å². The summed E-state index contributed by atoms with van der Waals surface area (Å²) in [6.07, 6.45) is -3.95. The van der Waals surface area contributed by atoms with Gasteiger partial charge in [-0.25, -0.2) is 4.79 Å². The van der Waals surface area contributed by atoms with E-state index in [1.165, 1.54) is 7.11 Å². The maximum atomic E-state index is 12.5. The minimum atomic E-state index is -4.63. The molecule has 0 unspecified atom stereocenters. The number of carbonyl (C=O) groups is 1. The molecule has 1 N–H and O–H groups in total. The van der Waals surface area contributed by atoms with Crippen LogP contribution in [0.2, 0.25) is 0 Å². The van der Waals surface area contributed by atoms with Crippen LogP contribution in [-0.4, -0.2) is 36.4 Å². The second-order valence-electron chi connectivity index (χ2n) is 3.57. The highest BCUT2D eigenvalue weighted by Gasteiger charge is 2.33. The van der Waals surface area contributed by atoms with Crippen LogP contribution in [0.1, 0.15) is 21.6 Å². The first-order chi connectivity index (χ1) is 8.86. The first-order valence-corrected chi connectivity index (χ1v) is 5.22. The molecule has 0 bridgehead atoms.